The van der Waals surface area contributed by atoms with Crippen LogP contribution >= 0.6 is 11.3 Å². The molecule has 0 amide bonds. The van der Waals surface area contributed by atoms with Gasteiger partial charge in [0, 0.05) is 22.4 Å². The second-order valence-electron chi connectivity index (χ2n) is 5.87. The topological polar surface area (TPSA) is 55.0 Å². The second-order valence-corrected chi connectivity index (χ2v) is 6.90. The summed E-state index contributed by atoms with van der Waals surface area (Å²) in [5.41, 5.74) is 7.06. The van der Waals surface area contributed by atoms with Crippen molar-refractivity contribution < 1.29 is 0 Å². The lowest BCUT2D eigenvalue weighted by molar-refractivity contribution is 0.663. The molecule has 4 nitrogen and oxygen atoms in total. The summed E-state index contributed by atoms with van der Waals surface area (Å²) in [6.07, 6.45) is 0. The lowest BCUT2D eigenvalue weighted by Gasteiger charge is -2.29. The van der Waals surface area contributed by atoms with Crippen molar-refractivity contribution in [3.63, 3.8) is 0 Å². The van der Waals surface area contributed by atoms with Gasteiger partial charge in [0.05, 0.1) is 6.54 Å². The van der Waals surface area contributed by atoms with E-state index in [2.05, 4.69) is 55.1 Å². The Bertz CT molecular complexity index is 591. The number of nitrogen functional groups attached to an aromatic ring is 1. The molecule has 2 rings (SSSR count). The smallest absolute Gasteiger partial charge is 0.137 e. The Morgan fingerprint density at radius 3 is 2.48 bits per heavy atom. The first kappa shape index (κ1) is 15.8. The van der Waals surface area contributed by atoms with E-state index in [-0.39, 0.29) is 5.92 Å². The van der Waals surface area contributed by atoms with Crippen molar-refractivity contribution in [1.29, 1.82) is 0 Å². The van der Waals surface area contributed by atoms with E-state index >= 15 is 0 Å². The highest BCUT2D eigenvalue weighted by Gasteiger charge is 2.19. The summed E-state index contributed by atoms with van der Waals surface area (Å²) in [4.78, 5) is 12.8. The maximum atomic E-state index is 6.10. The van der Waals surface area contributed by atoms with E-state index in [4.69, 9.17) is 10.7 Å². The van der Waals surface area contributed by atoms with Gasteiger partial charge in [-0.2, -0.15) is 0 Å². The summed E-state index contributed by atoms with van der Waals surface area (Å²) in [7, 11) is 0. The molecule has 0 spiro atoms. The highest BCUT2D eigenvalue weighted by Crippen LogP contribution is 2.28. The van der Waals surface area contributed by atoms with Crippen LogP contribution in [-0.4, -0.2) is 16.0 Å². The Kier molecular flexibility index (Phi) is 4.83. The van der Waals surface area contributed by atoms with Crippen molar-refractivity contribution in [2.45, 2.75) is 53.1 Å². The molecule has 2 aromatic rings. The van der Waals surface area contributed by atoms with Crippen LogP contribution < -0.4 is 10.6 Å². The third kappa shape index (κ3) is 3.53. The standard InChI is InChI=1S/C16H24N4S/c1-10(2)15-18-14(17)12(5)16(19-15)20(11(3)4)9-13-7-6-8-21-13/h6-8,10-11H,9H2,1-5H3,(H2,17,18,19). The van der Waals surface area contributed by atoms with Crippen LogP contribution in [0.5, 0.6) is 0 Å². The Balaban J connectivity index is 2.44. The molecule has 2 N–H and O–H groups in total. The first-order chi connectivity index (χ1) is 9.90. The lowest BCUT2D eigenvalue weighted by Crippen LogP contribution is -2.32. The molecule has 114 valence electrons. The molecule has 0 aliphatic rings. The van der Waals surface area contributed by atoms with Gasteiger partial charge in [0.15, 0.2) is 0 Å². The van der Waals surface area contributed by atoms with Gasteiger partial charge in [-0.1, -0.05) is 19.9 Å². The Morgan fingerprint density at radius 2 is 1.95 bits per heavy atom. The van der Waals surface area contributed by atoms with E-state index in [9.17, 15) is 0 Å². The molecule has 0 atom stereocenters. The molecule has 0 aliphatic heterocycles. The van der Waals surface area contributed by atoms with Crippen LogP contribution in [0.2, 0.25) is 0 Å². The fourth-order valence-electron chi connectivity index (χ4n) is 2.15. The maximum absolute atomic E-state index is 6.10. The fourth-order valence-corrected chi connectivity index (χ4v) is 2.85. The van der Waals surface area contributed by atoms with Gasteiger partial charge in [-0.05, 0) is 32.2 Å². The molecule has 2 aromatic heterocycles. The molecular formula is C16H24N4S. The molecule has 0 saturated carbocycles. The minimum Gasteiger partial charge on any atom is -0.383 e. The number of thiophene rings is 1. The molecule has 0 bridgehead atoms. The zero-order valence-electron chi connectivity index (χ0n) is 13.4. The predicted octanol–water partition coefficient (Wildman–Crippen LogP) is 3.97. The summed E-state index contributed by atoms with van der Waals surface area (Å²) >= 11 is 1.77. The minimum atomic E-state index is 0.266. The normalized spacial score (nSPS) is 11.4. The lowest BCUT2D eigenvalue weighted by atomic mass is 10.1. The number of aromatic nitrogens is 2. The number of anilines is 2. The fraction of sp³-hybridized carbons (Fsp3) is 0.500. The van der Waals surface area contributed by atoms with Crippen LogP contribution in [0, 0.1) is 6.92 Å². The number of nitrogens with zero attached hydrogens (tertiary/aromatic N) is 3. The van der Waals surface area contributed by atoms with Crippen molar-refractivity contribution in [3.05, 3.63) is 33.8 Å². The van der Waals surface area contributed by atoms with Crippen LogP contribution in [0.15, 0.2) is 17.5 Å². The number of hydrogen-bond donors (Lipinski definition) is 1. The van der Waals surface area contributed by atoms with Crippen LogP contribution in [-0.2, 0) is 6.54 Å². The van der Waals surface area contributed by atoms with Gasteiger partial charge in [0.2, 0.25) is 0 Å². The van der Waals surface area contributed by atoms with E-state index in [1.54, 1.807) is 11.3 Å². The van der Waals surface area contributed by atoms with E-state index < -0.39 is 0 Å². The van der Waals surface area contributed by atoms with E-state index in [0.717, 1.165) is 23.8 Å². The summed E-state index contributed by atoms with van der Waals surface area (Å²) in [5.74, 6) is 2.61. The molecule has 0 aliphatic carbocycles. The Labute approximate surface area is 131 Å². The minimum absolute atomic E-state index is 0.266. The van der Waals surface area contributed by atoms with Gasteiger partial charge in [0.1, 0.15) is 17.5 Å². The predicted molar refractivity (Wildman–Crippen MR) is 90.9 cm³/mol. The third-order valence-corrected chi connectivity index (χ3v) is 4.35. The zero-order chi connectivity index (χ0) is 15.6. The van der Waals surface area contributed by atoms with Crippen molar-refractivity contribution in [2.24, 2.45) is 0 Å². The van der Waals surface area contributed by atoms with E-state index in [0.29, 0.717) is 11.9 Å². The molecular weight excluding hydrogens is 280 g/mol. The molecule has 5 heteroatoms. The van der Waals surface area contributed by atoms with Crippen LogP contribution in [0.1, 0.15) is 49.9 Å². The van der Waals surface area contributed by atoms with E-state index in [1.807, 2.05) is 6.92 Å². The van der Waals surface area contributed by atoms with Crippen molar-refractivity contribution in [2.75, 3.05) is 10.6 Å². The molecule has 21 heavy (non-hydrogen) atoms. The first-order valence-corrected chi connectivity index (χ1v) is 8.21. The van der Waals surface area contributed by atoms with Crippen molar-refractivity contribution >= 4 is 23.0 Å². The maximum Gasteiger partial charge on any atom is 0.137 e. The summed E-state index contributed by atoms with van der Waals surface area (Å²) in [6.45, 7) is 11.4. The van der Waals surface area contributed by atoms with Gasteiger partial charge < -0.3 is 10.6 Å². The van der Waals surface area contributed by atoms with Crippen molar-refractivity contribution in [3.8, 4) is 0 Å². The molecule has 0 aromatic carbocycles. The molecule has 2 heterocycles. The zero-order valence-corrected chi connectivity index (χ0v) is 14.2. The van der Waals surface area contributed by atoms with Crippen LogP contribution in [0.3, 0.4) is 0 Å². The monoisotopic (exact) mass is 304 g/mol. The van der Waals surface area contributed by atoms with Crippen LogP contribution in [0.4, 0.5) is 11.6 Å². The quantitative estimate of drug-likeness (QED) is 0.908. The largest absolute Gasteiger partial charge is 0.383 e. The van der Waals surface area contributed by atoms with Gasteiger partial charge in [0.25, 0.3) is 0 Å². The van der Waals surface area contributed by atoms with Crippen LogP contribution in [0.25, 0.3) is 0 Å². The highest BCUT2D eigenvalue weighted by molar-refractivity contribution is 7.09. The highest BCUT2D eigenvalue weighted by atomic mass is 32.1. The van der Waals surface area contributed by atoms with Crippen molar-refractivity contribution in [1.82, 2.24) is 9.97 Å². The second kappa shape index (κ2) is 6.43. The molecule has 0 unspecified atom stereocenters. The van der Waals surface area contributed by atoms with Gasteiger partial charge in [-0.25, -0.2) is 9.97 Å². The molecule has 0 saturated heterocycles. The first-order valence-electron chi connectivity index (χ1n) is 7.33. The average Bonchev–Trinajstić information content (AvgIpc) is 2.92. The SMILES string of the molecule is Cc1c(N)nc(C(C)C)nc1N(Cc1cccs1)C(C)C. The summed E-state index contributed by atoms with van der Waals surface area (Å²) in [5, 5.41) is 2.11. The molecule has 0 fully saturated rings. The number of rotatable bonds is 5. The number of nitrogens with two attached hydrogens (primary N) is 1. The third-order valence-electron chi connectivity index (χ3n) is 3.49. The van der Waals surface area contributed by atoms with Gasteiger partial charge in [-0.15, -0.1) is 11.3 Å². The number of hydrogen-bond acceptors (Lipinski definition) is 5. The van der Waals surface area contributed by atoms with Gasteiger partial charge in [-0.3, -0.25) is 0 Å². The Hall–Kier alpha value is -1.62. The summed E-state index contributed by atoms with van der Waals surface area (Å²) < 4.78 is 0. The van der Waals surface area contributed by atoms with Gasteiger partial charge >= 0.3 is 0 Å². The molecule has 0 radical (unpaired) electrons. The summed E-state index contributed by atoms with van der Waals surface area (Å²) in [6, 6.07) is 4.59. The van der Waals surface area contributed by atoms with E-state index in [1.165, 1.54) is 4.88 Å². The average molecular weight is 304 g/mol. The Morgan fingerprint density at radius 1 is 1.24 bits per heavy atom.